The van der Waals surface area contributed by atoms with Crippen molar-refractivity contribution < 1.29 is 0 Å². The summed E-state index contributed by atoms with van der Waals surface area (Å²) in [4.78, 5) is 4.78. The van der Waals surface area contributed by atoms with Crippen LogP contribution in [0.1, 0.15) is 58.3 Å². The molecule has 1 aromatic carbocycles. The van der Waals surface area contributed by atoms with Crippen LogP contribution in [0.25, 0.3) is 11.0 Å². The van der Waals surface area contributed by atoms with Crippen LogP contribution in [0.4, 0.5) is 0 Å². The van der Waals surface area contributed by atoms with E-state index in [0.29, 0.717) is 5.92 Å². The van der Waals surface area contributed by atoms with Crippen LogP contribution in [0, 0.1) is 5.92 Å². The van der Waals surface area contributed by atoms with Gasteiger partial charge in [-0.25, -0.2) is 4.98 Å². The van der Waals surface area contributed by atoms with Crippen LogP contribution in [-0.2, 0) is 6.54 Å². The molecular weight excluding hydrogens is 246 g/mol. The SMILES string of the molecule is CCCCCn1c(C(N)CC(C)C)nc2ccccc21. The maximum absolute atomic E-state index is 6.38. The third-order valence-electron chi connectivity index (χ3n) is 3.73. The van der Waals surface area contributed by atoms with Crippen molar-refractivity contribution >= 4 is 11.0 Å². The lowest BCUT2D eigenvalue weighted by Gasteiger charge is -2.16. The normalized spacial score (nSPS) is 13.2. The average molecular weight is 273 g/mol. The molecular formula is C17H27N3. The number of imidazole rings is 1. The van der Waals surface area contributed by atoms with Gasteiger partial charge in [-0.2, -0.15) is 0 Å². The number of nitrogens with two attached hydrogens (primary N) is 1. The minimum Gasteiger partial charge on any atom is -0.327 e. The van der Waals surface area contributed by atoms with Crippen molar-refractivity contribution in [2.24, 2.45) is 11.7 Å². The smallest absolute Gasteiger partial charge is 0.126 e. The van der Waals surface area contributed by atoms with Crippen molar-refractivity contribution in [3.63, 3.8) is 0 Å². The van der Waals surface area contributed by atoms with Gasteiger partial charge in [-0.05, 0) is 30.9 Å². The Morgan fingerprint density at radius 2 is 1.95 bits per heavy atom. The van der Waals surface area contributed by atoms with Gasteiger partial charge >= 0.3 is 0 Å². The molecule has 0 aliphatic rings. The fourth-order valence-electron chi connectivity index (χ4n) is 2.75. The molecule has 20 heavy (non-hydrogen) atoms. The number of benzene rings is 1. The van der Waals surface area contributed by atoms with Crippen LogP contribution >= 0.6 is 0 Å². The first-order valence-electron chi connectivity index (χ1n) is 7.84. The zero-order chi connectivity index (χ0) is 14.5. The largest absolute Gasteiger partial charge is 0.327 e. The van der Waals surface area contributed by atoms with E-state index in [9.17, 15) is 0 Å². The molecule has 0 spiro atoms. The standard InChI is InChI=1S/C17H27N3/c1-4-5-8-11-20-16-10-7-6-9-15(16)19-17(20)14(18)12-13(2)3/h6-7,9-10,13-14H,4-5,8,11-12,18H2,1-3H3. The second-order valence-corrected chi connectivity index (χ2v) is 6.05. The third-order valence-corrected chi connectivity index (χ3v) is 3.73. The van der Waals surface area contributed by atoms with Crippen molar-refractivity contribution in [3.8, 4) is 0 Å². The molecule has 0 fully saturated rings. The van der Waals surface area contributed by atoms with Gasteiger partial charge in [0.15, 0.2) is 0 Å². The van der Waals surface area contributed by atoms with E-state index >= 15 is 0 Å². The molecule has 0 radical (unpaired) electrons. The van der Waals surface area contributed by atoms with E-state index in [2.05, 4.69) is 43.5 Å². The van der Waals surface area contributed by atoms with Gasteiger partial charge in [-0.3, -0.25) is 0 Å². The number of hydrogen-bond acceptors (Lipinski definition) is 2. The van der Waals surface area contributed by atoms with Crippen molar-refractivity contribution in [3.05, 3.63) is 30.1 Å². The molecule has 1 heterocycles. The fraction of sp³-hybridized carbons (Fsp3) is 0.588. The van der Waals surface area contributed by atoms with E-state index in [0.717, 1.165) is 24.3 Å². The van der Waals surface area contributed by atoms with Gasteiger partial charge in [-0.1, -0.05) is 45.7 Å². The van der Waals surface area contributed by atoms with Crippen molar-refractivity contribution in [2.45, 2.75) is 59.0 Å². The summed E-state index contributed by atoms with van der Waals surface area (Å²) in [5.41, 5.74) is 8.67. The number of hydrogen-bond donors (Lipinski definition) is 1. The number of aryl methyl sites for hydroxylation is 1. The first-order valence-corrected chi connectivity index (χ1v) is 7.84. The molecule has 2 aromatic rings. The third kappa shape index (κ3) is 3.40. The van der Waals surface area contributed by atoms with E-state index in [1.165, 1.54) is 24.8 Å². The highest BCUT2D eigenvalue weighted by Gasteiger charge is 2.17. The fourth-order valence-corrected chi connectivity index (χ4v) is 2.75. The number of fused-ring (bicyclic) bond motifs is 1. The molecule has 1 atom stereocenters. The molecule has 1 unspecified atom stereocenters. The topological polar surface area (TPSA) is 43.8 Å². The summed E-state index contributed by atoms with van der Waals surface area (Å²) < 4.78 is 2.33. The molecule has 1 aromatic heterocycles. The summed E-state index contributed by atoms with van der Waals surface area (Å²) in [5.74, 6) is 1.64. The van der Waals surface area contributed by atoms with Crippen LogP contribution in [0.5, 0.6) is 0 Å². The molecule has 0 aliphatic heterocycles. The van der Waals surface area contributed by atoms with Crippen molar-refractivity contribution in [1.82, 2.24) is 9.55 Å². The van der Waals surface area contributed by atoms with E-state index in [4.69, 9.17) is 10.7 Å². The van der Waals surface area contributed by atoms with Crippen LogP contribution in [0.2, 0.25) is 0 Å². The molecule has 0 aliphatic carbocycles. The van der Waals surface area contributed by atoms with Crippen LogP contribution < -0.4 is 5.73 Å². The highest BCUT2D eigenvalue weighted by atomic mass is 15.1. The van der Waals surface area contributed by atoms with Crippen LogP contribution in [-0.4, -0.2) is 9.55 Å². The van der Waals surface area contributed by atoms with Gasteiger partial charge in [0.2, 0.25) is 0 Å². The molecule has 0 bridgehead atoms. The Balaban J connectivity index is 2.33. The highest BCUT2D eigenvalue weighted by molar-refractivity contribution is 5.76. The molecule has 0 saturated carbocycles. The number of nitrogens with zero attached hydrogens (tertiary/aromatic N) is 2. The second kappa shape index (κ2) is 6.89. The van der Waals surface area contributed by atoms with Gasteiger partial charge in [0, 0.05) is 6.54 Å². The van der Waals surface area contributed by atoms with Gasteiger partial charge < -0.3 is 10.3 Å². The highest BCUT2D eigenvalue weighted by Crippen LogP contribution is 2.24. The van der Waals surface area contributed by atoms with Crippen LogP contribution in [0.15, 0.2) is 24.3 Å². The lowest BCUT2D eigenvalue weighted by atomic mass is 10.0. The predicted molar refractivity (Wildman–Crippen MR) is 85.6 cm³/mol. The van der Waals surface area contributed by atoms with Gasteiger partial charge in [-0.15, -0.1) is 0 Å². The minimum atomic E-state index is 0.0315. The Labute approximate surface area is 122 Å². The van der Waals surface area contributed by atoms with Gasteiger partial charge in [0.1, 0.15) is 5.82 Å². The monoisotopic (exact) mass is 273 g/mol. The van der Waals surface area contributed by atoms with Crippen molar-refractivity contribution in [1.29, 1.82) is 0 Å². The lowest BCUT2D eigenvalue weighted by Crippen LogP contribution is -2.18. The molecule has 3 nitrogen and oxygen atoms in total. The number of para-hydroxylation sites is 2. The number of aromatic nitrogens is 2. The quantitative estimate of drug-likeness (QED) is 0.765. The van der Waals surface area contributed by atoms with Gasteiger partial charge in [0.25, 0.3) is 0 Å². The zero-order valence-corrected chi connectivity index (χ0v) is 13.0. The Morgan fingerprint density at radius 1 is 1.20 bits per heavy atom. The summed E-state index contributed by atoms with van der Waals surface area (Å²) in [6.45, 7) is 7.68. The maximum atomic E-state index is 6.38. The number of rotatable bonds is 7. The van der Waals surface area contributed by atoms with Crippen molar-refractivity contribution in [2.75, 3.05) is 0 Å². The maximum Gasteiger partial charge on any atom is 0.126 e. The lowest BCUT2D eigenvalue weighted by molar-refractivity contribution is 0.470. The molecule has 0 saturated heterocycles. The average Bonchev–Trinajstić information content (AvgIpc) is 2.78. The second-order valence-electron chi connectivity index (χ2n) is 6.05. The molecule has 0 amide bonds. The predicted octanol–water partition coefficient (Wildman–Crippen LogP) is 4.27. The molecule has 2 rings (SSSR count). The van der Waals surface area contributed by atoms with E-state index in [1.54, 1.807) is 0 Å². The minimum absolute atomic E-state index is 0.0315. The Hall–Kier alpha value is -1.35. The van der Waals surface area contributed by atoms with E-state index < -0.39 is 0 Å². The summed E-state index contributed by atoms with van der Waals surface area (Å²) >= 11 is 0. The first kappa shape index (κ1) is 15.0. The number of unbranched alkanes of at least 4 members (excludes halogenated alkanes) is 2. The summed E-state index contributed by atoms with van der Waals surface area (Å²) in [7, 11) is 0. The Kier molecular flexibility index (Phi) is 5.18. The summed E-state index contributed by atoms with van der Waals surface area (Å²) in [6.07, 6.45) is 4.67. The summed E-state index contributed by atoms with van der Waals surface area (Å²) in [5, 5.41) is 0. The molecule has 2 N–H and O–H groups in total. The zero-order valence-electron chi connectivity index (χ0n) is 13.0. The van der Waals surface area contributed by atoms with Crippen LogP contribution in [0.3, 0.4) is 0 Å². The molecule has 3 heteroatoms. The Morgan fingerprint density at radius 3 is 2.65 bits per heavy atom. The molecule has 110 valence electrons. The Bertz CT molecular complexity index is 542. The van der Waals surface area contributed by atoms with Gasteiger partial charge in [0.05, 0.1) is 17.1 Å². The first-order chi connectivity index (χ1) is 9.63. The van der Waals surface area contributed by atoms with E-state index in [1.807, 2.05) is 6.07 Å². The summed E-state index contributed by atoms with van der Waals surface area (Å²) in [6, 6.07) is 8.39. The van der Waals surface area contributed by atoms with E-state index in [-0.39, 0.29) is 6.04 Å².